The van der Waals surface area contributed by atoms with Crippen molar-refractivity contribution in [1.82, 2.24) is 0 Å². The quantitative estimate of drug-likeness (QED) is 0.468. The van der Waals surface area contributed by atoms with Crippen LogP contribution in [0.15, 0.2) is 12.1 Å². The Morgan fingerprint density at radius 1 is 1.47 bits per heavy atom. The van der Waals surface area contributed by atoms with Crippen molar-refractivity contribution in [3.05, 3.63) is 38.9 Å². The van der Waals surface area contributed by atoms with E-state index in [-0.39, 0.29) is 6.07 Å². The fourth-order valence-corrected chi connectivity index (χ4v) is 1.34. The number of hydrogen-bond donors (Lipinski definition) is 0. The highest BCUT2D eigenvalue weighted by molar-refractivity contribution is 5.94. The number of alkyl halides is 3. The van der Waals surface area contributed by atoms with E-state index in [4.69, 9.17) is 5.26 Å². The Morgan fingerprint density at radius 2 is 2.05 bits per heavy atom. The summed E-state index contributed by atoms with van der Waals surface area (Å²) in [6.07, 6.45) is -4.91. The zero-order chi connectivity index (χ0) is 14.8. The van der Waals surface area contributed by atoms with E-state index in [1.54, 1.807) is 0 Å². The summed E-state index contributed by atoms with van der Waals surface area (Å²) in [4.78, 5) is 20.9. The molecule has 0 spiro atoms. The molecule has 19 heavy (non-hydrogen) atoms. The van der Waals surface area contributed by atoms with E-state index in [1.165, 1.54) is 6.07 Å². The number of hydrogen-bond acceptors (Lipinski definition) is 5. The Hall–Kier alpha value is -2.63. The molecule has 1 rings (SSSR count). The van der Waals surface area contributed by atoms with Gasteiger partial charge in [-0.2, -0.15) is 18.4 Å². The molecule has 0 unspecified atom stereocenters. The third-order valence-corrected chi connectivity index (χ3v) is 2.16. The predicted molar refractivity (Wildman–Crippen MR) is 54.2 cm³/mol. The van der Waals surface area contributed by atoms with Gasteiger partial charge in [-0.15, -0.1) is 0 Å². The molecule has 0 heterocycles. The number of esters is 1. The number of halogens is 3. The second kappa shape index (κ2) is 4.93. The minimum absolute atomic E-state index is 0.239. The van der Waals surface area contributed by atoms with Crippen LogP contribution in [0.3, 0.4) is 0 Å². The Labute approximate surface area is 104 Å². The third-order valence-electron chi connectivity index (χ3n) is 2.16. The van der Waals surface area contributed by atoms with Crippen LogP contribution >= 0.6 is 0 Å². The van der Waals surface area contributed by atoms with Crippen LogP contribution in [0.4, 0.5) is 18.9 Å². The van der Waals surface area contributed by atoms with Gasteiger partial charge in [-0.1, -0.05) is 0 Å². The normalized spacial score (nSPS) is 10.7. The Morgan fingerprint density at radius 3 is 2.42 bits per heavy atom. The van der Waals surface area contributed by atoms with E-state index >= 15 is 0 Å². The summed E-state index contributed by atoms with van der Waals surface area (Å²) in [5.41, 5.74) is -4.15. The molecule has 0 radical (unpaired) electrons. The molecular weight excluding hydrogens is 269 g/mol. The van der Waals surface area contributed by atoms with Gasteiger partial charge in [-0.25, -0.2) is 4.79 Å². The van der Waals surface area contributed by atoms with Gasteiger partial charge in [0.05, 0.1) is 23.2 Å². The van der Waals surface area contributed by atoms with Gasteiger partial charge in [0, 0.05) is 6.07 Å². The first-order valence-electron chi connectivity index (χ1n) is 4.60. The fourth-order valence-electron chi connectivity index (χ4n) is 1.34. The number of nitro benzene ring substituents is 1. The number of nitro groups is 1. The highest BCUT2D eigenvalue weighted by atomic mass is 19.4. The maximum absolute atomic E-state index is 12.6. The van der Waals surface area contributed by atoms with Gasteiger partial charge in [0.25, 0.3) is 5.69 Å². The van der Waals surface area contributed by atoms with E-state index in [0.717, 1.165) is 7.11 Å². The molecule has 0 aliphatic rings. The molecule has 0 aromatic heterocycles. The van der Waals surface area contributed by atoms with Crippen molar-refractivity contribution in [2.45, 2.75) is 6.18 Å². The molecule has 0 aliphatic heterocycles. The molecule has 0 N–H and O–H groups in total. The van der Waals surface area contributed by atoms with Crippen LogP contribution in [0.25, 0.3) is 0 Å². The molecule has 1 aromatic carbocycles. The predicted octanol–water partition coefficient (Wildman–Crippen LogP) is 2.27. The second-order valence-electron chi connectivity index (χ2n) is 3.27. The lowest BCUT2D eigenvalue weighted by Gasteiger charge is -2.10. The van der Waals surface area contributed by atoms with Crippen molar-refractivity contribution in [2.75, 3.05) is 7.11 Å². The molecule has 0 bridgehead atoms. The number of carbonyl (C=O) groups excluding carboxylic acids is 1. The summed E-state index contributed by atoms with van der Waals surface area (Å²) in [6.45, 7) is 0. The standard InChI is InChI=1S/C10H5F3N2O4/c1-19-9(16)6-3-7(10(11,12)13)5(4-14)2-8(6)15(17)18/h2-3H,1H3. The number of carbonyl (C=O) groups is 1. The fraction of sp³-hybridized carbons (Fsp3) is 0.200. The second-order valence-corrected chi connectivity index (χ2v) is 3.27. The molecule has 6 nitrogen and oxygen atoms in total. The average Bonchev–Trinajstić information content (AvgIpc) is 2.34. The number of rotatable bonds is 2. The topological polar surface area (TPSA) is 93.2 Å². The molecule has 100 valence electrons. The first-order valence-corrected chi connectivity index (χ1v) is 4.60. The van der Waals surface area contributed by atoms with Crippen LogP contribution in [-0.2, 0) is 10.9 Å². The van der Waals surface area contributed by atoms with Crippen LogP contribution in [0.1, 0.15) is 21.5 Å². The van der Waals surface area contributed by atoms with Crippen LogP contribution in [-0.4, -0.2) is 18.0 Å². The molecule has 0 fully saturated rings. The van der Waals surface area contributed by atoms with Gasteiger partial charge < -0.3 is 4.74 Å². The highest BCUT2D eigenvalue weighted by Gasteiger charge is 2.37. The molecule has 0 aliphatic carbocycles. The lowest BCUT2D eigenvalue weighted by atomic mass is 10.0. The first-order chi connectivity index (χ1) is 8.72. The van der Waals surface area contributed by atoms with Crippen molar-refractivity contribution in [3.63, 3.8) is 0 Å². The third kappa shape index (κ3) is 2.79. The van der Waals surface area contributed by atoms with Crippen molar-refractivity contribution in [1.29, 1.82) is 5.26 Å². The van der Waals surface area contributed by atoms with Gasteiger partial charge in [0.15, 0.2) is 0 Å². The SMILES string of the molecule is COC(=O)c1cc(C(F)(F)F)c(C#N)cc1[N+](=O)[O-]. The van der Waals surface area contributed by atoms with Gasteiger partial charge in [-0.3, -0.25) is 10.1 Å². The molecule has 0 saturated carbocycles. The number of nitriles is 1. The van der Waals surface area contributed by atoms with Gasteiger partial charge in [0.1, 0.15) is 11.6 Å². The molecule has 0 amide bonds. The van der Waals surface area contributed by atoms with Crippen LogP contribution in [0, 0.1) is 21.4 Å². The Balaban J connectivity index is 3.68. The average molecular weight is 274 g/mol. The lowest BCUT2D eigenvalue weighted by Crippen LogP contribution is -2.13. The molecule has 9 heteroatoms. The van der Waals surface area contributed by atoms with E-state index in [9.17, 15) is 28.1 Å². The maximum atomic E-state index is 12.6. The van der Waals surface area contributed by atoms with Gasteiger partial charge in [0.2, 0.25) is 0 Å². The van der Waals surface area contributed by atoms with Crippen molar-refractivity contribution >= 4 is 11.7 Å². The van der Waals surface area contributed by atoms with Gasteiger partial charge >= 0.3 is 12.1 Å². The summed E-state index contributed by atoms with van der Waals surface area (Å²) in [5, 5.41) is 19.3. The van der Waals surface area contributed by atoms with Crippen molar-refractivity contribution in [3.8, 4) is 6.07 Å². The van der Waals surface area contributed by atoms with E-state index in [0.29, 0.717) is 6.07 Å². The van der Waals surface area contributed by atoms with Crippen molar-refractivity contribution < 1.29 is 27.6 Å². The molecule has 0 saturated heterocycles. The minimum atomic E-state index is -4.91. The van der Waals surface area contributed by atoms with Crippen LogP contribution in [0.2, 0.25) is 0 Å². The van der Waals surface area contributed by atoms with E-state index < -0.39 is 39.4 Å². The van der Waals surface area contributed by atoms with E-state index in [1.807, 2.05) is 0 Å². The number of nitrogens with zero attached hydrogens (tertiary/aromatic N) is 2. The van der Waals surface area contributed by atoms with Crippen LogP contribution in [0.5, 0.6) is 0 Å². The van der Waals surface area contributed by atoms with Crippen LogP contribution < -0.4 is 0 Å². The van der Waals surface area contributed by atoms with Crippen molar-refractivity contribution in [2.24, 2.45) is 0 Å². The number of benzene rings is 1. The Bertz CT molecular complexity index is 590. The first kappa shape index (κ1) is 14.4. The summed E-state index contributed by atoms with van der Waals surface area (Å²) >= 11 is 0. The summed E-state index contributed by atoms with van der Waals surface area (Å²) in [5.74, 6) is -1.29. The smallest absolute Gasteiger partial charge is 0.417 e. The Kier molecular flexibility index (Phi) is 3.75. The number of ether oxygens (including phenoxy) is 1. The maximum Gasteiger partial charge on any atom is 0.417 e. The molecule has 1 aromatic rings. The summed E-state index contributed by atoms with van der Waals surface area (Å²) in [6, 6.07) is 1.84. The summed E-state index contributed by atoms with van der Waals surface area (Å²) < 4.78 is 42.1. The minimum Gasteiger partial charge on any atom is -0.465 e. The largest absolute Gasteiger partial charge is 0.465 e. The highest BCUT2D eigenvalue weighted by Crippen LogP contribution is 2.35. The zero-order valence-electron chi connectivity index (χ0n) is 9.32. The van der Waals surface area contributed by atoms with Gasteiger partial charge in [-0.05, 0) is 6.07 Å². The zero-order valence-corrected chi connectivity index (χ0v) is 9.32. The molecule has 0 atom stereocenters. The monoisotopic (exact) mass is 274 g/mol. The van der Waals surface area contributed by atoms with E-state index in [2.05, 4.69) is 4.74 Å². The molecular formula is C10H5F3N2O4. The number of methoxy groups -OCH3 is 1. The lowest BCUT2D eigenvalue weighted by molar-refractivity contribution is -0.385. The summed E-state index contributed by atoms with van der Waals surface area (Å²) in [7, 11) is 0.873.